The average Bonchev–Trinajstić information content (AvgIpc) is 3.39. The molecule has 224 valence electrons. The Morgan fingerprint density at radius 2 is 1.57 bits per heavy atom. The lowest BCUT2D eigenvalue weighted by molar-refractivity contribution is -0.0564. The molecule has 1 aromatic carbocycles. The molecule has 2 heterocycles. The van der Waals surface area contributed by atoms with Crippen molar-refractivity contribution < 1.29 is 9.47 Å². The Morgan fingerprint density at radius 1 is 0.800 bits per heavy atom. The van der Waals surface area contributed by atoms with Gasteiger partial charge in [0.1, 0.15) is 0 Å². The van der Waals surface area contributed by atoms with E-state index in [0.29, 0.717) is 24.4 Å². The zero-order valence-electron chi connectivity index (χ0n) is 25.7. The van der Waals surface area contributed by atoms with Crippen molar-refractivity contribution in [3.63, 3.8) is 0 Å². The van der Waals surface area contributed by atoms with Crippen molar-refractivity contribution in [1.82, 2.24) is 15.5 Å². The summed E-state index contributed by atoms with van der Waals surface area (Å²) in [4.78, 5) is 2.67. The quantitative estimate of drug-likeness (QED) is 0.361. The van der Waals surface area contributed by atoms with Crippen LogP contribution in [0.5, 0.6) is 0 Å². The van der Waals surface area contributed by atoms with Gasteiger partial charge in [-0.05, 0) is 126 Å². The van der Waals surface area contributed by atoms with Crippen LogP contribution in [0.4, 0.5) is 0 Å². The first kappa shape index (κ1) is 29.1. The van der Waals surface area contributed by atoms with Crippen molar-refractivity contribution in [2.75, 3.05) is 32.8 Å². The van der Waals surface area contributed by atoms with Crippen LogP contribution in [0.1, 0.15) is 89.2 Å². The van der Waals surface area contributed by atoms with E-state index in [1.807, 2.05) is 0 Å². The normalized spacial score (nSPS) is 39.1. The molecule has 2 N–H and O–H groups in total. The first-order chi connectivity index (χ1) is 19.5. The SMILES string of the molecule is Cc1ccc(COC2CCC3C(CCC4C(C5CCN(CCOC[C@H]6CC[C@@H](C)C6)CC5)NC(C)NC34)C2)cc1. The van der Waals surface area contributed by atoms with Gasteiger partial charge in [-0.1, -0.05) is 43.2 Å². The van der Waals surface area contributed by atoms with Crippen LogP contribution in [0.15, 0.2) is 24.3 Å². The molecule has 5 heteroatoms. The maximum absolute atomic E-state index is 6.46. The van der Waals surface area contributed by atoms with Gasteiger partial charge in [-0.2, -0.15) is 0 Å². The Labute approximate surface area is 244 Å². The molecule has 7 unspecified atom stereocenters. The minimum Gasteiger partial charge on any atom is -0.380 e. The van der Waals surface area contributed by atoms with Gasteiger partial charge in [-0.25, -0.2) is 0 Å². The van der Waals surface area contributed by atoms with E-state index in [-0.39, 0.29) is 0 Å². The lowest BCUT2D eigenvalue weighted by Gasteiger charge is -2.55. The van der Waals surface area contributed by atoms with Crippen LogP contribution in [-0.4, -0.2) is 62.1 Å². The third-order valence-corrected chi connectivity index (χ3v) is 11.6. The Balaban J connectivity index is 0.952. The molecule has 5 nitrogen and oxygen atoms in total. The molecule has 2 saturated heterocycles. The van der Waals surface area contributed by atoms with Crippen molar-refractivity contribution in [1.29, 1.82) is 0 Å². The van der Waals surface area contributed by atoms with Crippen LogP contribution in [0.3, 0.4) is 0 Å². The van der Waals surface area contributed by atoms with Crippen molar-refractivity contribution in [3.8, 4) is 0 Å². The maximum atomic E-state index is 6.46. The van der Waals surface area contributed by atoms with Crippen LogP contribution >= 0.6 is 0 Å². The van der Waals surface area contributed by atoms with Crippen molar-refractivity contribution >= 4 is 0 Å². The summed E-state index contributed by atoms with van der Waals surface area (Å²) in [5.74, 6) is 4.98. The van der Waals surface area contributed by atoms with Gasteiger partial charge in [0.2, 0.25) is 0 Å². The van der Waals surface area contributed by atoms with Gasteiger partial charge in [-0.3, -0.25) is 10.6 Å². The Kier molecular flexibility index (Phi) is 9.86. The highest BCUT2D eigenvalue weighted by molar-refractivity contribution is 5.20. The Morgan fingerprint density at radius 3 is 2.35 bits per heavy atom. The summed E-state index contributed by atoms with van der Waals surface area (Å²) in [6.07, 6.45) is 14.3. The van der Waals surface area contributed by atoms with Crippen LogP contribution in [0.2, 0.25) is 0 Å². The van der Waals surface area contributed by atoms with Crippen LogP contribution in [0.25, 0.3) is 0 Å². The number of hydrogen-bond donors (Lipinski definition) is 2. The first-order valence-corrected chi connectivity index (χ1v) is 17.0. The summed E-state index contributed by atoms with van der Waals surface area (Å²) in [6, 6.07) is 10.2. The van der Waals surface area contributed by atoms with Crippen LogP contribution in [-0.2, 0) is 16.1 Å². The second kappa shape index (κ2) is 13.5. The zero-order chi connectivity index (χ0) is 27.5. The molecule has 5 fully saturated rings. The predicted molar refractivity (Wildman–Crippen MR) is 163 cm³/mol. The molecule has 0 aromatic heterocycles. The topological polar surface area (TPSA) is 45.8 Å². The molecule has 40 heavy (non-hydrogen) atoms. The lowest BCUT2D eigenvalue weighted by atomic mass is 9.60. The third-order valence-electron chi connectivity index (χ3n) is 11.6. The number of hydrogen-bond acceptors (Lipinski definition) is 5. The number of fused-ring (bicyclic) bond motifs is 3. The fraction of sp³-hybridized carbons (Fsp3) is 0.829. The van der Waals surface area contributed by atoms with Crippen molar-refractivity contribution in [2.45, 2.75) is 116 Å². The van der Waals surface area contributed by atoms with Gasteiger partial charge in [-0.15, -0.1) is 0 Å². The second-order valence-electron chi connectivity index (χ2n) is 14.5. The number of likely N-dealkylation sites (tertiary alicyclic amines) is 1. The molecule has 2 aliphatic heterocycles. The summed E-state index contributed by atoms with van der Waals surface area (Å²) in [7, 11) is 0. The van der Waals surface area contributed by atoms with Crippen LogP contribution in [0, 0.1) is 42.4 Å². The number of ether oxygens (including phenoxy) is 2. The van der Waals surface area contributed by atoms with Gasteiger partial charge in [0.05, 0.1) is 25.5 Å². The number of nitrogens with zero attached hydrogens (tertiary/aromatic N) is 1. The molecule has 9 atom stereocenters. The highest BCUT2D eigenvalue weighted by atomic mass is 16.5. The monoisotopic (exact) mass is 551 g/mol. The standard InChI is InChI=1S/C35H57N3O2/c1-24-4-7-27(8-5-24)23-40-31-11-13-32-30(21-31)10-12-33-34(36-26(3)37-35(32)33)29-14-16-38(17-15-29)18-19-39-22-28-9-6-25(2)20-28/h4-5,7-8,25-26,28-37H,6,9-23H2,1-3H3/t25-,26?,28+,30?,31?,32?,33?,34?,35?/m1/s1. The van der Waals surface area contributed by atoms with E-state index in [1.165, 1.54) is 88.4 Å². The van der Waals surface area contributed by atoms with E-state index in [0.717, 1.165) is 61.9 Å². The molecular weight excluding hydrogens is 494 g/mol. The number of rotatable bonds is 9. The van der Waals surface area contributed by atoms with Crippen LogP contribution < -0.4 is 10.6 Å². The largest absolute Gasteiger partial charge is 0.380 e. The summed E-state index contributed by atoms with van der Waals surface area (Å²) < 4.78 is 12.6. The third kappa shape index (κ3) is 7.14. The summed E-state index contributed by atoms with van der Waals surface area (Å²) in [6.45, 7) is 13.2. The van der Waals surface area contributed by atoms with E-state index in [4.69, 9.17) is 9.47 Å². The number of nitrogens with one attached hydrogen (secondary N) is 2. The highest BCUT2D eigenvalue weighted by Gasteiger charge is 2.49. The number of benzene rings is 1. The highest BCUT2D eigenvalue weighted by Crippen LogP contribution is 2.47. The first-order valence-electron chi connectivity index (χ1n) is 17.0. The summed E-state index contributed by atoms with van der Waals surface area (Å²) >= 11 is 0. The Bertz CT molecular complexity index is 916. The minimum absolute atomic E-state index is 0.422. The summed E-state index contributed by atoms with van der Waals surface area (Å²) in [5.41, 5.74) is 2.63. The molecule has 0 spiro atoms. The fourth-order valence-corrected chi connectivity index (χ4v) is 9.34. The van der Waals surface area contributed by atoms with E-state index in [9.17, 15) is 0 Å². The molecule has 6 rings (SSSR count). The van der Waals surface area contributed by atoms with E-state index >= 15 is 0 Å². The van der Waals surface area contributed by atoms with Gasteiger partial charge < -0.3 is 14.4 Å². The van der Waals surface area contributed by atoms with Gasteiger partial charge in [0.15, 0.2) is 0 Å². The van der Waals surface area contributed by atoms with Gasteiger partial charge in [0.25, 0.3) is 0 Å². The predicted octanol–water partition coefficient (Wildman–Crippen LogP) is 6.15. The van der Waals surface area contributed by atoms with Crippen molar-refractivity contribution in [2.24, 2.45) is 35.5 Å². The van der Waals surface area contributed by atoms with E-state index in [2.05, 4.69) is 60.6 Å². The average molecular weight is 552 g/mol. The van der Waals surface area contributed by atoms with E-state index < -0.39 is 0 Å². The Hall–Kier alpha value is -0.980. The molecule has 1 aromatic rings. The van der Waals surface area contributed by atoms with Crippen molar-refractivity contribution in [3.05, 3.63) is 35.4 Å². The number of aryl methyl sites for hydroxylation is 1. The molecule has 0 bridgehead atoms. The second-order valence-corrected chi connectivity index (χ2v) is 14.5. The lowest BCUT2D eigenvalue weighted by Crippen LogP contribution is -2.68. The fourth-order valence-electron chi connectivity index (χ4n) is 9.34. The maximum Gasteiger partial charge on any atom is 0.0720 e. The summed E-state index contributed by atoms with van der Waals surface area (Å²) in [5, 5.41) is 8.11. The minimum atomic E-state index is 0.422. The molecule has 3 aliphatic carbocycles. The molecule has 0 radical (unpaired) electrons. The van der Waals surface area contributed by atoms with Gasteiger partial charge >= 0.3 is 0 Å². The number of piperidine rings is 1. The zero-order valence-corrected chi connectivity index (χ0v) is 25.7. The van der Waals surface area contributed by atoms with E-state index in [1.54, 1.807) is 0 Å². The smallest absolute Gasteiger partial charge is 0.0720 e. The van der Waals surface area contributed by atoms with Gasteiger partial charge in [0, 0.05) is 25.2 Å². The molecule has 3 saturated carbocycles. The molecule has 0 amide bonds. The molecular formula is C35H57N3O2. The molecule has 5 aliphatic rings.